The molecule has 0 radical (unpaired) electrons. The molecule has 0 fully saturated rings. The zero-order chi connectivity index (χ0) is 12.3. The standard InChI is InChI=1S/C8H15N3O4S/c1-5(16(2,13)14)7-10-8(15-11-7)6(12)3-4-9/h5-6,12H,3-4,9H2,1-2H3/t5?,6-/m0/s1. The van der Waals surface area contributed by atoms with Crippen molar-refractivity contribution in [2.45, 2.75) is 24.7 Å². The van der Waals surface area contributed by atoms with Gasteiger partial charge in [-0.3, -0.25) is 0 Å². The SMILES string of the molecule is CC(c1noc([C@@H](O)CCN)n1)S(C)(=O)=O. The second-order valence-electron chi connectivity index (χ2n) is 3.56. The predicted molar refractivity (Wildman–Crippen MR) is 56.2 cm³/mol. The van der Waals surface area contributed by atoms with Gasteiger partial charge in [-0.05, 0) is 19.9 Å². The fourth-order valence-corrected chi connectivity index (χ4v) is 1.50. The Bertz CT molecular complexity index is 442. The molecule has 0 saturated heterocycles. The highest BCUT2D eigenvalue weighted by atomic mass is 32.2. The van der Waals surface area contributed by atoms with Crippen molar-refractivity contribution in [3.63, 3.8) is 0 Å². The molecular formula is C8H15N3O4S. The van der Waals surface area contributed by atoms with Gasteiger partial charge in [-0.1, -0.05) is 5.16 Å². The summed E-state index contributed by atoms with van der Waals surface area (Å²) in [6.45, 7) is 1.74. The molecule has 0 aromatic carbocycles. The summed E-state index contributed by atoms with van der Waals surface area (Å²) < 4.78 is 27.2. The molecule has 0 aliphatic heterocycles. The summed E-state index contributed by atoms with van der Waals surface area (Å²) in [5.41, 5.74) is 5.26. The molecule has 1 aromatic rings. The molecule has 1 rings (SSSR count). The average molecular weight is 249 g/mol. The zero-order valence-corrected chi connectivity index (χ0v) is 9.94. The quantitative estimate of drug-likeness (QED) is 0.725. The molecule has 92 valence electrons. The summed E-state index contributed by atoms with van der Waals surface area (Å²) in [5, 5.41) is 12.2. The first-order chi connectivity index (χ1) is 7.36. The number of aliphatic hydroxyl groups is 1. The summed E-state index contributed by atoms with van der Waals surface area (Å²) >= 11 is 0. The van der Waals surface area contributed by atoms with Crippen LogP contribution >= 0.6 is 0 Å². The number of aliphatic hydroxyl groups excluding tert-OH is 1. The van der Waals surface area contributed by atoms with Gasteiger partial charge in [0.1, 0.15) is 11.4 Å². The fraction of sp³-hybridized carbons (Fsp3) is 0.750. The maximum absolute atomic E-state index is 11.2. The lowest BCUT2D eigenvalue weighted by Gasteiger charge is -2.03. The summed E-state index contributed by atoms with van der Waals surface area (Å²) in [4.78, 5) is 3.83. The van der Waals surface area contributed by atoms with Crippen LogP contribution in [0, 0.1) is 0 Å². The van der Waals surface area contributed by atoms with Crippen LogP contribution in [0.1, 0.15) is 36.4 Å². The van der Waals surface area contributed by atoms with E-state index in [-0.39, 0.29) is 24.7 Å². The van der Waals surface area contributed by atoms with Crippen molar-refractivity contribution in [2.24, 2.45) is 5.73 Å². The Kier molecular flexibility index (Phi) is 4.00. The maximum atomic E-state index is 11.2. The number of hydrogen-bond donors (Lipinski definition) is 2. The van der Waals surface area contributed by atoms with Gasteiger partial charge in [-0.2, -0.15) is 4.98 Å². The molecule has 3 N–H and O–H groups in total. The van der Waals surface area contributed by atoms with E-state index in [9.17, 15) is 13.5 Å². The molecule has 1 aromatic heterocycles. The fourth-order valence-electron chi connectivity index (χ4n) is 1.02. The molecule has 0 saturated carbocycles. The molecule has 8 heteroatoms. The van der Waals surface area contributed by atoms with Crippen molar-refractivity contribution < 1.29 is 18.0 Å². The van der Waals surface area contributed by atoms with Crippen LogP contribution in [0.5, 0.6) is 0 Å². The van der Waals surface area contributed by atoms with Gasteiger partial charge >= 0.3 is 0 Å². The molecule has 0 spiro atoms. The normalized spacial score (nSPS) is 16.0. The van der Waals surface area contributed by atoms with E-state index >= 15 is 0 Å². The monoisotopic (exact) mass is 249 g/mol. The third-order valence-corrected chi connectivity index (χ3v) is 3.68. The molecule has 2 atom stereocenters. The Hall–Kier alpha value is -0.990. The summed E-state index contributed by atoms with van der Waals surface area (Å²) in [7, 11) is -3.27. The number of rotatable bonds is 5. The molecule has 0 aliphatic rings. The molecular weight excluding hydrogens is 234 g/mol. The van der Waals surface area contributed by atoms with Crippen molar-refractivity contribution in [2.75, 3.05) is 12.8 Å². The third kappa shape index (κ3) is 3.00. The van der Waals surface area contributed by atoms with Crippen LogP contribution in [-0.2, 0) is 9.84 Å². The van der Waals surface area contributed by atoms with E-state index in [0.29, 0.717) is 0 Å². The van der Waals surface area contributed by atoms with Crippen LogP contribution in [0.15, 0.2) is 4.52 Å². The van der Waals surface area contributed by atoms with Crippen molar-refractivity contribution in [3.05, 3.63) is 11.7 Å². The molecule has 0 bridgehead atoms. The van der Waals surface area contributed by atoms with Gasteiger partial charge < -0.3 is 15.4 Å². The van der Waals surface area contributed by atoms with Gasteiger partial charge in [0, 0.05) is 6.26 Å². The van der Waals surface area contributed by atoms with E-state index in [2.05, 4.69) is 10.1 Å². The molecule has 7 nitrogen and oxygen atoms in total. The Labute approximate surface area is 93.6 Å². The van der Waals surface area contributed by atoms with E-state index in [1.165, 1.54) is 6.92 Å². The topological polar surface area (TPSA) is 119 Å². The maximum Gasteiger partial charge on any atom is 0.255 e. The zero-order valence-electron chi connectivity index (χ0n) is 9.12. The number of aromatic nitrogens is 2. The highest BCUT2D eigenvalue weighted by Gasteiger charge is 2.24. The first-order valence-electron chi connectivity index (χ1n) is 4.76. The Morgan fingerprint density at radius 2 is 2.19 bits per heavy atom. The Morgan fingerprint density at radius 3 is 2.69 bits per heavy atom. The van der Waals surface area contributed by atoms with Gasteiger partial charge in [0.2, 0.25) is 0 Å². The van der Waals surface area contributed by atoms with Gasteiger partial charge in [-0.25, -0.2) is 8.42 Å². The summed E-state index contributed by atoms with van der Waals surface area (Å²) in [6.07, 6.45) is 0.428. The molecule has 1 unspecified atom stereocenters. The van der Waals surface area contributed by atoms with Crippen LogP contribution in [-0.4, -0.2) is 36.5 Å². The number of hydrogen-bond acceptors (Lipinski definition) is 7. The van der Waals surface area contributed by atoms with Crippen LogP contribution in [0.3, 0.4) is 0 Å². The molecule has 0 amide bonds. The van der Waals surface area contributed by atoms with E-state index in [1.54, 1.807) is 0 Å². The van der Waals surface area contributed by atoms with Crippen molar-refractivity contribution in [1.82, 2.24) is 10.1 Å². The lowest BCUT2D eigenvalue weighted by atomic mass is 10.2. The van der Waals surface area contributed by atoms with Crippen molar-refractivity contribution in [1.29, 1.82) is 0 Å². The largest absolute Gasteiger partial charge is 0.383 e. The lowest BCUT2D eigenvalue weighted by Crippen LogP contribution is -2.10. The van der Waals surface area contributed by atoms with Gasteiger partial charge in [0.15, 0.2) is 15.7 Å². The molecule has 16 heavy (non-hydrogen) atoms. The Morgan fingerprint density at radius 1 is 1.56 bits per heavy atom. The number of nitrogens with zero attached hydrogens (tertiary/aromatic N) is 2. The van der Waals surface area contributed by atoms with Crippen molar-refractivity contribution in [3.8, 4) is 0 Å². The van der Waals surface area contributed by atoms with Crippen LogP contribution in [0.4, 0.5) is 0 Å². The van der Waals surface area contributed by atoms with Gasteiger partial charge in [0.25, 0.3) is 5.89 Å². The number of sulfone groups is 1. The average Bonchev–Trinajstić information content (AvgIpc) is 2.64. The smallest absolute Gasteiger partial charge is 0.255 e. The van der Waals surface area contributed by atoms with Crippen LogP contribution in [0.2, 0.25) is 0 Å². The predicted octanol–water partition coefficient (Wildman–Crippen LogP) is -0.443. The van der Waals surface area contributed by atoms with Crippen LogP contribution < -0.4 is 5.73 Å². The highest BCUT2D eigenvalue weighted by molar-refractivity contribution is 7.90. The molecule has 1 heterocycles. The van der Waals surface area contributed by atoms with Gasteiger partial charge in [-0.15, -0.1) is 0 Å². The first kappa shape index (κ1) is 13.1. The highest BCUT2D eigenvalue weighted by Crippen LogP contribution is 2.20. The molecule has 0 aliphatic carbocycles. The summed E-state index contributed by atoms with van der Waals surface area (Å²) in [6, 6.07) is 0. The number of nitrogens with two attached hydrogens (primary N) is 1. The van der Waals surface area contributed by atoms with E-state index in [0.717, 1.165) is 6.26 Å². The van der Waals surface area contributed by atoms with Crippen molar-refractivity contribution >= 4 is 9.84 Å². The minimum absolute atomic E-state index is 0.00375. The second kappa shape index (κ2) is 4.89. The Balaban J connectivity index is 2.87. The second-order valence-corrected chi connectivity index (χ2v) is 5.92. The van der Waals surface area contributed by atoms with Gasteiger partial charge in [0.05, 0.1) is 0 Å². The van der Waals surface area contributed by atoms with E-state index in [1.807, 2.05) is 0 Å². The third-order valence-electron chi connectivity index (χ3n) is 2.19. The lowest BCUT2D eigenvalue weighted by molar-refractivity contribution is 0.127. The van der Waals surface area contributed by atoms with E-state index in [4.69, 9.17) is 10.3 Å². The van der Waals surface area contributed by atoms with Crippen LogP contribution in [0.25, 0.3) is 0 Å². The first-order valence-corrected chi connectivity index (χ1v) is 6.72. The minimum Gasteiger partial charge on any atom is -0.383 e. The van der Waals surface area contributed by atoms with E-state index < -0.39 is 21.2 Å². The minimum atomic E-state index is -3.27. The summed E-state index contributed by atoms with van der Waals surface area (Å²) in [5.74, 6) is 0.0459.